The number of nitrogen functional groups attached to an aromatic ring is 1. The maximum absolute atomic E-state index is 12.9. The van der Waals surface area contributed by atoms with Gasteiger partial charge in [-0.1, -0.05) is 30.3 Å². The smallest absolute Gasteiger partial charge is 0.365 e. The Morgan fingerprint density at radius 1 is 1.15 bits per heavy atom. The molecule has 2 aromatic carbocycles. The lowest BCUT2D eigenvalue weighted by Crippen LogP contribution is -2.44. The van der Waals surface area contributed by atoms with Crippen LogP contribution in [0.3, 0.4) is 0 Å². The summed E-state index contributed by atoms with van der Waals surface area (Å²) in [6, 6.07) is 14.7. The summed E-state index contributed by atoms with van der Waals surface area (Å²) in [7, 11) is -9.68. The molecule has 140 valence electrons. The second kappa shape index (κ2) is 6.73. The lowest BCUT2D eigenvalue weighted by atomic mass is 10.1. The third kappa shape index (κ3) is 3.49. The van der Waals surface area contributed by atoms with Crippen molar-refractivity contribution in [2.45, 2.75) is 9.49 Å². The number of nitrogens with zero attached hydrogens (tertiary/aromatic N) is 1. The van der Waals surface area contributed by atoms with Gasteiger partial charge >= 0.3 is 7.60 Å². The number of nitrogens with two attached hydrogens (primary N) is 1. The van der Waals surface area contributed by atoms with Crippen LogP contribution in [0.15, 0.2) is 58.8 Å². The van der Waals surface area contributed by atoms with Crippen LogP contribution in [0.1, 0.15) is 5.56 Å². The summed E-state index contributed by atoms with van der Waals surface area (Å²) in [5, 5.41) is 7.39. The van der Waals surface area contributed by atoms with Gasteiger partial charge in [-0.05, 0) is 35.2 Å². The minimum absolute atomic E-state index is 0.158. The van der Waals surface area contributed by atoms with Crippen LogP contribution in [0.5, 0.6) is 0 Å². The summed E-state index contributed by atoms with van der Waals surface area (Å²) in [6.45, 7) is 0. The average molecular weight is 423 g/mol. The molecular weight excluding hydrogens is 409 g/mol. The van der Waals surface area contributed by atoms with Crippen LogP contribution in [0, 0.1) is 11.3 Å². The van der Waals surface area contributed by atoms with Crippen molar-refractivity contribution in [2.75, 3.05) is 5.73 Å². The first kappa shape index (κ1) is 19.5. The molecule has 0 saturated heterocycles. The third-order valence-corrected chi connectivity index (χ3v) is 8.39. The van der Waals surface area contributed by atoms with Crippen LogP contribution < -0.4 is 10.5 Å². The van der Waals surface area contributed by atoms with E-state index in [1.165, 1.54) is 36.4 Å². The molecule has 0 amide bonds. The Balaban J connectivity index is 2.15. The lowest BCUT2D eigenvalue weighted by Gasteiger charge is -2.28. The van der Waals surface area contributed by atoms with Gasteiger partial charge in [-0.25, -0.2) is 8.42 Å². The van der Waals surface area contributed by atoms with Gasteiger partial charge in [-0.2, -0.15) is 9.98 Å². The number of hydrogen-bond acceptors (Lipinski definition) is 6. The van der Waals surface area contributed by atoms with Crippen molar-refractivity contribution < 1.29 is 22.8 Å². The second-order valence-corrected chi connectivity index (χ2v) is 10.5. The summed E-state index contributed by atoms with van der Waals surface area (Å²) in [6.07, 6.45) is 0. The number of benzene rings is 2. The molecule has 1 heterocycles. The zero-order chi connectivity index (χ0) is 19.9. The molecule has 3 rings (SSSR count). The van der Waals surface area contributed by atoms with Crippen molar-refractivity contribution in [3.05, 3.63) is 60.2 Å². The topological polar surface area (TPSA) is 154 Å². The van der Waals surface area contributed by atoms with E-state index >= 15 is 0 Å². The van der Waals surface area contributed by atoms with Gasteiger partial charge in [-0.15, -0.1) is 11.3 Å². The lowest BCUT2D eigenvalue weighted by molar-refractivity contribution is 0.337. The number of thiophene rings is 1. The molecule has 0 spiro atoms. The predicted octanol–water partition coefficient (Wildman–Crippen LogP) is 2.32. The first-order valence-corrected chi connectivity index (χ1v) is 11.4. The van der Waals surface area contributed by atoms with Crippen LogP contribution in [0.2, 0.25) is 0 Å². The van der Waals surface area contributed by atoms with E-state index in [-0.39, 0.29) is 9.77 Å². The molecule has 0 radical (unpaired) electrons. The number of anilines is 1. The van der Waals surface area contributed by atoms with Gasteiger partial charge < -0.3 is 15.5 Å². The fourth-order valence-electron chi connectivity index (χ4n) is 2.53. The molecule has 0 aliphatic heterocycles. The summed E-state index contributed by atoms with van der Waals surface area (Å²) < 4.78 is 40.2. The Hall–Kier alpha value is -2.25. The van der Waals surface area contributed by atoms with Crippen molar-refractivity contribution in [1.82, 2.24) is 4.72 Å². The molecule has 1 aromatic heterocycles. The maximum atomic E-state index is 12.9. The predicted molar refractivity (Wildman–Crippen MR) is 102 cm³/mol. The fraction of sp³-hybridized carbons (Fsp3) is 0.0625. The molecule has 5 N–H and O–H groups in total. The Bertz CT molecular complexity index is 1200. The van der Waals surface area contributed by atoms with Crippen LogP contribution >= 0.6 is 18.9 Å². The van der Waals surface area contributed by atoms with Crippen molar-refractivity contribution in [2.24, 2.45) is 0 Å². The van der Waals surface area contributed by atoms with Crippen LogP contribution in [0.4, 0.5) is 5.69 Å². The van der Waals surface area contributed by atoms with Gasteiger partial charge in [0.15, 0.2) is 0 Å². The van der Waals surface area contributed by atoms with E-state index in [0.717, 1.165) is 11.3 Å². The van der Waals surface area contributed by atoms with E-state index in [1.807, 2.05) is 4.72 Å². The summed E-state index contributed by atoms with van der Waals surface area (Å²) in [5.74, 6) is 0. The largest absolute Gasteiger partial charge is 0.399 e. The number of rotatable bonds is 5. The number of nitrogens with one attached hydrogen (secondary N) is 1. The highest BCUT2D eigenvalue weighted by Crippen LogP contribution is 2.55. The summed E-state index contributed by atoms with van der Waals surface area (Å²) in [4.78, 5) is 19.6. The average Bonchev–Trinajstić information content (AvgIpc) is 3.03. The molecule has 0 aliphatic rings. The Morgan fingerprint density at radius 2 is 1.81 bits per heavy atom. The first-order chi connectivity index (χ1) is 12.6. The fourth-order valence-corrected chi connectivity index (χ4v) is 6.53. The quantitative estimate of drug-likeness (QED) is 0.363. The summed E-state index contributed by atoms with van der Waals surface area (Å²) in [5.41, 5.74) is 5.98. The van der Waals surface area contributed by atoms with Crippen molar-refractivity contribution in [3.8, 4) is 6.07 Å². The monoisotopic (exact) mass is 423 g/mol. The van der Waals surface area contributed by atoms with Gasteiger partial charge in [-0.3, -0.25) is 4.57 Å². The molecule has 11 heteroatoms. The van der Waals surface area contributed by atoms with E-state index in [9.17, 15) is 28.0 Å². The van der Waals surface area contributed by atoms with E-state index in [0.29, 0.717) is 15.8 Å². The second-order valence-electron chi connectivity index (χ2n) is 5.70. The zero-order valence-electron chi connectivity index (χ0n) is 13.6. The van der Waals surface area contributed by atoms with Crippen molar-refractivity contribution in [1.29, 1.82) is 5.26 Å². The van der Waals surface area contributed by atoms with Crippen molar-refractivity contribution in [3.63, 3.8) is 0 Å². The molecule has 0 aliphatic carbocycles. The maximum Gasteiger partial charge on any atom is 0.365 e. The van der Waals surface area contributed by atoms with Gasteiger partial charge in [0.05, 0.1) is 0 Å². The van der Waals surface area contributed by atoms with Gasteiger partial charge in [0.2, 0.25) is 5.28 Å². The summed E-state index contributed by atoms with van der Waals surface area (Å²) >= 11 is 0.902. The van der Waals surface area contributed by atoms with E-state index in [2.05, 4.69) is 0 Å². The number of sulfonamides is 1. The van der Waals surface area contributed by atoms with Crippen LogP contribution in [-0.4, -0.2) is 18.2 Å². The normalized spacial score (nSPS) is 14.6. The molecule has 0 saturated carbocycles. The Morgan fingerprint density at radius 3 is 2.41 bits per heavy atom. The Labute approximate surface area is 159 Å². The number of hydrogen-bond donors (Lipinski definition) is 4. The van der Waals surface area contributed by atoms with E-state index < -0.39 is 22.9 Å². The van der Waals surface area contributed by atoms with Crippen LogP contribution in [-0.2, 0) is 19.9 Å². The van der Waals surface area contributed by atoms with Gasteiger partial charge in [0, 0.05) is 10.4 Å². The molecule has 1 atom stereocenters. The molecule has 0 bridgehead atoms. The SMILES string of the molecule is N#CC(NS(=O)(=O)c1cc2cc(N)ccc2s1)(c1ccccc1)P(=O)(O)O. The molecule has 3 aromatic rings. The highest BCUT2D eigenvalue weighted by atomic mass is 32.2. The first-order valence-electron chi connectivity index (χ1n) is 7.44. The van der Waals surface area contributed by atoms with Crippen LogP contribution in [0.25, 0.3) is 10.1 Å². The van der Waals surface area contributed by atoms with Gasteiger partial charge in [0.1, 0.15) is 10.3 Å². The van der Waals surface area contributed by atoms with E-state index in [4.69, 9.17) is 5.73 Å². The molecular formula is C16H14N3O5PS2. The van der Waals surface area contributed by atoms with Crippen molar-refractivity contribution >= 4 is 44.7 Å². The molecule has 27 heavy (non-hydrogen) atoms. The highest BCUT2D eigenvalue weighted by Gasteiger charge is 2.52. The van der Waals surface area contributed by atoms with E-state index in [1.54, 1.807) is 24.3 Å². The molecule has 0 fully saturated rings. The third-order valence-electron chi connectivity index (χ3n) is 3.85. The number of nitriles is 1. The minimum atomic E-state index is -5.25. The highest BCUT2D eigenvalue weighted by molar-refractivity contribution is 7.92. The standard InChI is InChI=1S/C16H14N3O5PS2/c17-10-16(25(20,21)22,12-4-2-1-3-5-12)19-27(23,24)15-9-11-8-13(18)6-7-14(11)26-15/h1-9,19H,18H2,(H2,20,21,22). The van der Waals surface area contributed by atoms with Gasteiger partial charge in [0.25, 0.3) is 10.0 Å². The zero-order valence-corrected chi connectivity index (χ0v) is 16.1. The molecule has 1 unspecified atom stereocenters. The molecule has 8 nitrogen and oxygen atoms in total. The Kier molecular flexibility index (Phi) is 4.86. The minimum Gasteiger partial charge on any atom is -0.399 e. The number of fused-ring (bicyclic) bond motifs is 1.